The van der Waals surface area contributed by atoms with Crippen LogP contribution in [-0.2, 0) is 0 Å². The lowest BCUT2D eigenvalue weighted by Gasteiger charge is -2.16. The first-order valence-corrected chi connectivity index (χ1v) is 9.58. The number of aliphatic hydroxyl groups excluding tert-OH is 1. The minimum absolute atomic E-state index is 0.126. The van der Waals surface area contributed by atoms with Crippen LogP contribution >= 0.6 is 0 Å². The summed E-state index contributed by atoms with van der Waals surface area (Å²) in [4.78, 5) is 4.53. The summed E-state index contributed by atoms with van der Waals surface area (Å²) in [6.07, 6.45) is 3.36. The first kappa shape index (κ1) is 20.3. The molecule has 2 aromatic carbocycles. The van der Waals surface area contributed by atoms with Gasteiger partial charge in [-0.05, 0) is 36.8 Å². The fraction of sp³-hybridized carbons (Fsp3) is 0.167. The second-order valence-corrected chi connectivity index (χ2v) is 6.71. The summed E-state index contributed by atoms with van der Waals surface area (Å²) in [5.41, 5.74) is 3.14. The number of aliphatic hydroxyl groups is 1. The molecule has 0 aliphatic carbocycles. The average Bonchev–Trinajstić information content (AvgIpc) is 3.26. The Balaban J connectivity index is 1.85. The maximum absolute atomic E-state index is 10.0. The molecule has 0 fully saturated rings. The first-order valence-electron chi connectivity index (χ1n) is 9.58. The largest absolute Gasteiger partial charge is 0.497 e. The van der Waals surface area contributed by atoms with Crippen LogP contribution in [0.25, 0.3) is 17.2 Å². The van der Waals surface area contributed by atoms with E-state index in [0.717, 1.165) is 11.1 Å². The maximum Gasteiger partial charge on any atom is 0.238 e. The zero-order valence-corrected chi connectivity index (χ0v) is 17.1. The van der Waals surface area contributed by atoms with Gasteiger partial charge in [-0.3, -0.25) is 0 Å². The van der Waals surface area contributed by atoms with Gasteiger partial charge in [0.05, 0.1) is 13.7 Å². The SMILES string of the molecule is COc1ccc(-c2c(C#N)c(Oc3ccc4c(c3)OCO4)nc(C)c2C=CCO)cc1. The van der Waals surface area contributed by atoms with Gasteiger partial charge in [-0.1, -0.05) is 24.3 Å². The van der Waals surface area contributed by atoms with E-state index in [1.807, 2.05) is 31.2 Å². The van der Waals surface area contributed by atoms with E-state index in [9.17, 15) is 10.4 Å². The zero-order chi connectivity index (χ0) is 21.8. The number of hydrogen-bond acceptors (Lipinski definition) is 7. The molecule has 1 aliphatic rings. The van der Waals surface area contributed by atoms with Crippen molar-refractivity contribution in [3.63, 3.8) is 0 Å². The molecule has 1 aromatic heterocycles. The average molecular weight is 416 g/mol. The summed E-state index contributed by atoms with van der Waals surface area (Å²) in [7, 11) is 1.60. The van der Waals surface area contributed by atoms with Crippen LogP contribution in [0.2, 0.25) is 0 Å². The van der Waals surface area contributed by atoms with E-state index in [1.165, 1.54) is 0 Å². The highest BCUT2D eigenvalue weighted by Gasteiger charge is 2.21. The van der Waals surface area contributed by atoms with Gasteiger partial charge < -0.3 is 24.1 Å². The molecule has 0 unspecified atom stereocenters. The lowest BCUT2D eigenvalue weighted by molar-refractivity contribution is 0.174. The Kier molecular flexibility index (Phi) is 5.74. The number of aryl methyl sites for hydroxylation is 1. The van der Waals surface area contributed by atoms with Gasteiger partial charge in [-0.15, -0.1) is 0 Å². The molecule has 0 saturated carbocycles. The van der Waals surface area contributed by atoms with Crippen LogP contribution in [0.1, 0.15) is 16.8 Å². The van der Waals surface area contributed by atoms with E-state index in [-0.39, 0.29) is 24.8 Å². The van der Waals surface area contributed by atoms with Crippen LogP contribution in [0, 0.1) is 18.3 Å². The molecule has 1 N–H and O–H groups in total. The highest BCUT2D eigenvalue weighted by atomic mass is 16.7. The van der Waals surface area contributed by atoms with Gasteiger partial charge in [0, 0.05) is 22.9 Å². The number of pyridine rings is 1. The van der Waals surface area contributed by atoms with E-state index in [4.69, 9.17) is 18.9 Å². The Morgan fingerprint density at radius 2 is 1.87 bits per heavy atom. The number of hydrogen-bond donors (Lipinski definition) is 1. The molecule has 7 nitrogen and oxygen atoms in total. The van der Waals surface area contributed by atoms with Gasteiger partial charge in [0.25, 0.3) is 0 Å². The van der Waals surface area contributed by atoms with E-state index >= 15 is 0 Å². The van der Waals surface area contributed by atoms with Crippen LogP contribution in [0.15, 0.2) is 48.5 Å². The Morgan fingerprint density at radius 3 is 2.58 bits per heavy atom. The van der Waals surface area contributed by atoms with E-state index in [1.54, 1.807) is 37.5 Å². The first-order chi connectivity index (χ1) is 15.1. The maximum atomic E-state index is 10.0. The molecule has 0 radical (unpaired) electrons. The normalized spacial score (nSPS) is 12.1. The third-order valence-corrected chi connectivity index (χ3v) is 4.83. The van der Waals surface area contributed by atoms with E-state index < -0.39 is 0 Å². The highest BCUT2D eigenvalue weighted by Crippen LogP contribution is 2.40. The predicted molar refractivity (Wildman–Crippen MR) is 114 cm³/mol. The predicted octanol–water partition coefficient (Wildman–Crippen LogP) is 4.46. The van der Waals surface area contributed by atoms with Gasteiger partial charge in [0.1, 0.15) is 23.1 Å². The van der Waals surface area contributed by atoms with Gasteiger partial charge in [0.15, 0.2) is 11.5 Å². The van der Waals surface area contributed by atoms with Crippen LogP contribution in [-0.4, -0.2) is 30.6 Å². The zero-order valence-electron chi connectivity index (χ0n) is 17.1. The number of methoxy groups -OCH3 is 1. The standard InChI is InChI=1S/C24H20N2O5/c1-15-19(4-3-11-27)23(16-5-7-17(28-2)8-6-16)20(13-25)24(26-15)31-18-9-10-21-22(12-18)30-14-29-21/h3-10,12,27H,11,14H2,1-2H3. The van der Waals surface area contributed by atoms with Crippen molar-refractivity contribution in [1.82, 2.24) is 4.98 Å². The summed E-state index contributed by atoms with van der Waals surface area (Å²) < 4.78 is 22.0. The molecule has 0 bridgehead atoms. The molecule has 2 heterocycles. The molecular formula is C24H20N2O5. The van der Waals surface area contributed by atoms with Crippen LogP contribution < -0.4 is 18.9 Å². The minimum Gasteiger partial charge on any atom is -0.497 e. The van der Waals surface area contributed by atoms with Crippen LogP contribution in [0.4, 0.5) is 0 Å². The van der Waals surface area contributed by atoms with Crippen LogP contribution in [0.5, 0.6) is 28.9 Å². The molecule has 0 amide bonds. The molecule has 3 aromatic rings. The van der Waals surface area contributed by atoms with Gasteiger partial charge in [0.2, 0.25) is 12.7 Å². The third-order valence-electron chi connectivity index (χ3n) is 4.83. The van der Waals surface area contributed by atoms with Gasteiger partial charge in [-0.25, -0.2) is 4.98 Å². The lowest BCUT2D eigenvalue weighted by atomic mass is 9.94. The Bertz CT molecular complexity index is 1180. The lowest BCUT2D eigenvalue weighted by Crippen LogP contribution is -2.01. The van der Waals surface area contributed by atoms with Crippen molar-refractivity contribution < 1.29 is 24.1 Å². The summed E-state index contributed by atoms with van der Waals surface area (Å²) in [6.45, 7) is 1.86. The van der Waals surface area contributed by atoms with Crippen molar-refractivity contribution in [1.29, 1.82) is 5.26 Å². The molecule has 0 spiro atoms. The molecule has 0 atom stereocenters. The quantitative estimate of drug-likeness (QED) is 0.634. The number of nitrogens with zero attached hydrogens (tertiary/aromatic N) is 2. The van der Waals surface area contributed by atoms with Crippen molar-refractivity contribution in [2.24, 2.45) is 0 Å². The monoisotopic (exact) mass is 416 g/mol. The molecule has 1 aliphatic heterocycles. The second kappa shape index (κ2) is 8.78. The van der Waals surface area contributed by atoms with Crippen molar-refractivity contribution in [2.45, 2.75) is 6.92 Å². The Hall–Kier alpha value is -4.02. The number of rotatable bonds is 6. The van der Waals surface area contributed by atoms with Crippen LogP contribution in [0.3, 0.4) is 0 Å². The van der Waals surface area contributed by atoms with E-state index in [0.29, 0.717) is 34.3 Å². The second-order valence-electron chi connectivity index (χ2n) is 6.71. The van der Waals surface area contributed by atoms with Gasteiger partial charge >= 0.3 is 0 Å². The summed E-state index contributed by atoms with van der Waals surface area (Å²) >= 11 is 0. The molecule has 4 rings (SSSR count). The fourth-order valence-electron chi connectivity index (χ4n) is 3.35. The third kappa shape index (κ3) is 4.02. The summed E-state index contributed by atoms with van der Waals surface area (Å²) in [5, 5.41) is 19.3. The summed E-state index contributed by atoms with van der Waals surface area (Å²) in [5.74, 6) is 2.58. The Morgan fingerprint density at radius 1 is 1.13 bits per heavy atom. The number of nitriles is 1. The molecule has 156 valence electrons. The topological polar surface area (TPSA) is 93.8 Å². The number of aromatic nitrogens is 1. The van der Waals surface area contributed by atoms with Crippen molar-refractivity contribution >= 4 is 6.08 Å². The van der Waals surface area contributed by atoms with E-state index in [2.05, 4.69) is 11.1 Å². The minimum atomic E-state index is -0.126. The number of ether oxygens (including phenoxy) is 4. The molecular weight excluding hydrogens is 396 g/mol. The molecule has 7 heteroatoms. The molecule has 31 heavy (non-hydrogen) atoms. The number of fused-ring (bicyclic) bond motifs is 1. The van der Waals surface area contributed by atoms with Crippen molar-refractivity contribution in [3.8, 4) is 46.1 Å². The van der Waals surface area contributed by atoms with Crippen molar-refractivity contribution in [3.05, 3.63) is 65.4 Å². The highest BCUT2D eigenvalue weighted by molar-refractivity contribution is 5.83. The summed E-state index contributed by atoms with van der Waals surface area (Å²) in [6, 6.07) is 14.8. The molecule has 0 saturated heterocycles. The fourth-order valence-corrected chi connectivity index (χ4v) is 3.35. The number of benzene rings is 2. The van der Waals surface area contributed by atoms with Crippen molar-refractivity contribution in [2.75, 3.05) is 20.5 Å². The van der Waals surface area contributed by atoms with Gasteiger partial charge in [-0.2, -0.15) is 5.26 Å². The smallest absolute Gasteiger partial charge is 0.238 e. The Labute approximate surface area is 179 Å².